The lowest BCUT2D eigenvalue weighted by Crippen LogP contribution is -2.58. The fourth-order valence-electron chi connectivity index (χ4n) is 4.71. The molecule has 2 aliphatic rings. The van der Waals surface area contributed by atoms with Gasteiger partial charge >= 0.3 is 0 Å². The molecule has 198 valence electrons. The molecule has 1 fully saturated rings. The second-order valence-corrected chi connectivity index (χ2v) is 10.8. The van der Waals surface area contributed by atoms with Gasteiger partial charge in [-0.2, -0.15) is 0 Å². The van der Waals surface area contributed by atoms with Crippen molar-refractivity contribution in [2.75, 3.05) is 26.7 Å². The highest BCUT2D eigenvalue weighted by molar-refractivity contribution is 7.09. The van der Waals surface area contributed by atoms with Gasteiger partial charge in [0.15, 0.2) is 0 Å². The SMILES string of the molecule is Cc1nc(C(=O)N2CC[C@H]3OCc4cccc(c4)Oc4cc(ccc4C)C(=O)N(C)CC(=O)N[C@H]3C2)cs1. The second-order valence-electron chi connectivity index (χ2n) is 9.71. The van der Waals surface area contributed by atoms with Crippen molar-refractivity contribution in [1.82, 2.24) is 20.1 Å². The first-order chi connectivity index (χ1) is 18.3. The second kappa shape index (κ2) is 10.9. The van der Waals surface area contributed by atoms with Crippen LogP contribution in [0, 0.1) is 13.8 Å². The first-order valence-corrected chi connectivity index (χ1v) is 13.4. The Balaban J connectivity index is 1.41. The Morgan fingerprint density at radius 2 is 2.00 bits per heavy atom. The van der Waals surface area contributed by atoms with Crippen LogP contribution in [0.3, 0.4) is 0 Å². The maximum absolute atomic E-state index is 13.1. The first kappa shape index (κ1) is 25.9. The Kier molecular flexibility index (Phi) is 7.44. The summed E-state index contributed by atoms with van der Waals surface area (Å²) in [4.78, 5) is 46.7. The van der Waals surface area contributed by atoms with Gasteiger partial charge in [0.2, 0.25) is 5.91 Å². The summed E-state index contributed by atoms with van der Waals surface area (Å²) in [5.74, 6) is 0.435. The van der Waals surface area contributed by atoms with Gasteiger partial charge < -0.3 is 24.6 Å². The molecule has 1 N–H and O–H groups in total. The molecule has 0 unspecified atom stereocenters. The van der Waals surface area contributed by atoms with E-state index in [1.807, 2.05) is 44.2 Å². The minimum Gasteiger partial charge on any atom is -0.457 e. The quantitative estimate of drug-likeness (QED) is 0.513. The summed E-state index contributed by atoms with van der Waals surface area (Å²) in [6, 6.07) is 12.4. The Morgan fingerprint density at radius 3 is 2.79 bits per heavy atom. The number of piperidine rings is 1. The van der Waals surface area contributed by atoms with E-state index in [2.05, 4.69) is 10.3 Å². The van der Waals surface area contributed by atoms with Crippen molar-refractivity contribution >= 4 is 29.1 Å². The van der Waals surface area contributed by atoms with Crippen molar-refractivity contribution < 1.29 is 23.9 Å². The van der Waals surface area contributed by atoms with E-state index in [1.54, 1.807) is 29.5 Å². The number of nitrogens with zero attached hydrogens (tertiary/aromatic N) is 3. The van der Waals surface area contributed by atoms with Gasteiger partial charge in [0, 0.05) is 31.1 Å². The average Bonchev–Trinajstić information content (AvgIpc) is 3.34. The molecule has 3 heterocycles. The van der Waals surface area contributed by atoms with E-state index in [4.69, 9.17) is 9.47 Å². The van der Waals surface area contributed by atoms with Gasteiger partial charge in [-0.3, -0.25) is 14.4 Å². The van der Waals surface area contributed by atoms with E-state index < -0.39 is 6.04 Å². The number of hydrogen-bond donors (Lipinski definition) is 1. The fourth-order valence-corrected chi connectivity index (χ4v) is 5.30. The summed E-state index contributed by atoms with van der Waals surface area (Å²) in [7, 11) is 1.59. The molecule has 0 radical (unpaired) electrons. The summed E-state index contributed by atoms with van der Waals surface area (Å²) >= 11 is 1.43. The molecule has 3 aromatic rings. The molecule has 0 aliphatic carbocycles. The molecule has 2 aliphatic heterocycles. The lowest BCUT2D eigenvalue weighted by molar-refractivity contribution is -0.124. The molecule has 3 amide bonds. The van der Waals surface area contributed by atoms with Crippen LogP contribution in [0.25, 0.3) is 0 Å². The molecule has 4 bridgehead atoms. The molecule has 10 heteroatoms. The highest BCUT2D eigenvalue weighted by Crippen LogP contribution is 2.28. The summed E-state index contributed by atoms with van der Waals surface area (Å²) in [6.45, 7) is 4.74. The number of carbonyl (C=O) groups excluding carboxylic acids is 3. The number of carbonyl (C=O) groups is 3. The van der Waals surface area contributed by atoms with Crippen molar-refractivity contribution in [3.63, 3.8) is 0 Å². The van der Waals surface area contributed by atoms with Gasteiger partial charge in [0.1, 0.15) is 17.2 Å². The fraction of sp³-hybridized carbons (Fsp3) is 0.357. The topological polar surface area (TPSA) is 101 Å². The van der Waals surface area contributed by atoms with Crippen molar-refractivity contribution in [3.05, 3.63) is 75.2 Å². The molecular weight excluding hydrogens is 504 g/mol. The zero-order chi connectivity index (χ0) is 26.8. The number of fused-ring (bicyclic) bond motifs is 5. The number of likely N-dealkylation sites (tertiary alicyclic amines) is 1. The number of thiazole rings is 1. The normalized spacial score (nSPS) is 20.4. The zero-order valence-electron chi connectivity index (χ0n) is 21.6. The minimum atomic E-state index is -0.443. The lowest BCUT2D eigenvalue weighted by atomic mass is 10.0. The Hall–Kier alpha value is -3.76. The van der Waals surface area contributed by atoms with Crippen molar-refractivity contribution in [2.24, 2.45) is 0 Å². The van der Waals surface area contributed by atoms with Crippen LogP contribution in [0.5, 0.6) is 11.5 Å². The van der Waals surface area contributed by atoms with Crippen molar-refractivity contribution in [2.45, 2.75) is 39.0 Å². The molecule has 1 aromatic heterocycles. The van der Waals surface area contributed by atoms with E-state index in [-0.39, 0.29) is 36.9 Å². The van der Waals surface area contributed by atoms with Crippen LogP contribution in [-0.4, -0.2) is 71.3 Å². The third-order valence-corrected chi connectivity index (χ3v) is 7.55. The van der Waals surface area contributed by atoms with Gasteiger partial charge in [0.25, 0.3) is 11.8 Å². The molecule has 9 nitrogen and oxygen atoms in total. The molecule has 5 rings (SSSR count). The van der Waals surface area contributed by atoms with E-state index in [0.717, 1.165) is 16.1 Å². The van der Waals surface area contributed by atoms with Crippen molar-refractivity contribution in [1.29, 1.82) is 0 Å². The molecule has 0 spiro atoms. The van der Waals surface area contributed by atoms with Gasteiger partial charge in [-0.15, -0.1) is 11.3 Å². The summed E-state index contributed by atoms with van der Waals surface area (Å²) < 4.78 is 12.4. The largest absolute Gasteiger partial charge is 0.457 e. The number of likely N-dealkylation sites (N-methyl/N-ethyl adjacent to an activating group) is 1. The van der Waals surface area contributed by atoms with Gasteiger partial charge in [0.05, 0.1) is 30.3 Å². The third kappa shape index (κ3) is 5.71. The smallest absolute Gasteiger partial charge is 0.273 e. The van der Waals surface area contributed by atoms with Gasteiger partial charge in [-0.25, -0.2) is 4.98 Å². The van der Waals surface area contributed by atoms with E-state index in [1.165, 1.54) is 16.2 Å². The minimum absolute atomic E-state index is 0.135. The van der Waals surface area contributed by atoms with E-state index in [9.17, 15) is 14.4 Å². The highest BCUT2D eigenvalue weighted by atomic mass is 32.1. The predicted molar refractivity (Wildman–Crippen MR) is 143 cm³/mol. The Bertz CT molecular complexity index is 1370. The summed E-state index contributed by atoms with van der Waals surface area (Å²) in [5, 5.41) is 5.60. The van der Waals surface area contributed by atoms with Crippen molar-refractivity contribution in [3.8, 4) is 11.5 Å². The van der Waals surface area contributed by atoms with Crippen LogP contribution in [0.1, 0.15) is 43.4 Å². The number of rotatable bonds is 1. The van der Waals surface area contributed by atoms with E-state index in [0.29, 0.717) is 42.3 Å². The number of amides is 3. The molecule has 38 heavy (non-hydrogen) atoms. The van der Waals surface area contributed by atoms with Crippen LogP contribution < -0.4 is 10.1 Å². The summed E-state index contributed by atoms with van der Waals surface area (Å²) in [5.41, 5.74) is 2.65. The number of aryl methyl sites for hydroxylation is 2. The highest BCUT2D eigenvalue weighted by Gasteiger charge is 2.34. The van der Waals surface area contributed by atoms with Crippen LogP contribution in [0.2, 0.25) is 0 Å². The maximum atomic E-state index is 13.1. The zero-order valence-corrected chi connectivity index (χ0v) is 22.4. The Labute approximate surface area is 225 Å². The summed E-state index contributed by atoms with van der Waals surface area (Å²) in [6.07, 6.45) is 0.239. The first-order valence-electron chi connectivity index (χ1n) is 12.5. The molecule has 1 saturated heterocycles. The number of aromatic nitrogens is 1. The van der Waals surface area contributed by atoms with Crippen LogP contribution in [-0.2, 0) is 16.1 Å². The lowest BCUT2D eigenvalue weighted by Gasteiger charge is -2.38. The van der Waals surface area contributed by atoms with Gasteiger partial charge in [-0.1, -0.05) is 18.2 Å². The van der Waals surface area contributed by atoms with Gasteiger partial charge in [-0.05, 0) is 55.7 Å². The number of nitrogens with one attached hydrogen (secondary N) is 1. The van der Waals surface area contributed by atoms with E-state index >= 15 is 0 Å². The monoisotopic (exact) mass is 534 g/mol. The maximum Gasteiger partial charge on any atom is 0.273 e. The van der Waals surface area contributed by atoms with Crippen LogP contribution >= 0.6 is 11.3 Å². The molecular formula is C28H30N4O5S. The number of benzene rings is 2. The third-order valence-electron chi connectivity index (χ3n) is 6.77. The number of ether oxygens (including phenoxy) is 2. The molecule has 0 saturated carbocycles. The molecule has 2 aromatic carbocycles. The molecule has 2 atom stereocenters. The average molecular weight is 535 g/mol. The number of hydrogen-bond acceptors (Lipinski definition) is 7. The standard InChI is InChI=1S/C28H30N4O5S/c1-17-7-8-20-12-25(17)37-21-6-4-5-19(11-21)15-36-24-9-10-32(28(35)23-16-38-18(2)29-23)13-22(24)30-26(33)14-31(3)27(20)34/h4-8,11-12,16,22,24H,9-10,13-15H2,1-3H3,(H,30,33)/t22-,24+/m0/s1. The van der Waals surface area contributed by atoms with Crippen LogP contribution in [0.15, 0.2) is 47.8 Å². The predicted octanol–water partition coefficient (Wildman–Crippen LogP) is 3.55. The van der Waals surface area contributed by atoms with Crippen LogP contribution in [0.4, 0.5) is 0 Å². The Morgan fingerprint density at radius 1 is 1.16 bits per heavy atom.